The lowest BCUT2D eigenvalue weighted by atomic mass is 10.1. The lowest BCUT2D eigenvalue weighted by Crippen LogP contribution is -2.33. The SMILES string of the molecule is Cl.NCCCN(Cc1ccccc1)C(=O)Cc1ccc(-n2cnnn2)cc1. The Balaban J connectivity index is 0.00000261. The number of nitrogens with zero attached hydrogens (tertiary/aromatic N) is 5. The van der Waals surface area contributed by atoms with E-state index in [0.29, 0.717) is 26.1 Å². The summed E-state index contributed by atoms with van der Waals surface area (Å²) in [5.74, 6) is 0.0949. The molecule has 27 heavy (non-hydrogen) atoms. The Kier molecular flexibility index (Phi) is 7.91. The van der Waals surface area contributed by atoms with E-state index in [9.17, 15) is 4.79 Å². The smallest absolute Gasteiger partial charge is 0.227 e. The van der Waals surface area contributed by atoms with Gasteiger partial charge in [0, 0.05) is 13.1 Å². The number of amides is 1. The summed E-state index contributed by atoms with van der Waals surface area (Å²) in [6.45, 7) is 1.83. The molecular weight excluding hydrogens is 364 g/mol. The minimum absolute atomic E-state index is 0. The molecule has 3 rings (SSSR count). The van der Waals surface area contributed by atoms with Crippen LogP contribution < -0.4 is 5.73 Å². The second-order valence-corrected chi connectivity index (χ2v) is 6.04. The molecule has 8 heteroatoms. The summed E-state index contributed by atoms with van der Waals surface area (Å²) < 4.78 is 1.58. The molecule has 0 saturated carbocycles. The van der Waals surface area contributed by atoms with Crippen molar-refractivity contribution in [2.45, 2.75) is 19.4 Å². The van der Waals surface area contributed by atoms with Crippen LogP contribution in [0.5, 0.6) is 0 Å². The summed E-state index contributed by atoms with van der Waals surface area (Å²) in [7, 11) is 0. The minimum atomic E-state index is 0. The summed E-state index contributed by atoms with van der Waals surface area (Å²) in [5, 5.41) is 11.1. The van der Waals surface area contributed by atoms with Gasteiger partial charge in [-0.15, -0.1) is 17.5 Å². The molecular formula is C19H23ClN6O. The van der Waals surface area contributed by atoms with Gasteiger partial charge in [-0.2, -0.15) is 0 Å². The average Bonchev–Trinajstić information content (AvgIpc) is 3.21. The van der Waals surface area contributed by atoms with Crippen LogP contribution in [0.4, 0.5) is 0 Å². The van der Waals surface area contributed by atoms with Gasteiger partial charge in [-0.1, -0.05) is 42.5 Å². The Labute approximate surface area is 164 Å². The van der Waals surface area contributed by atoms with Gasteiger partial charge < -0.3 is 10.6 Å². The number of halogens is 1. The first-order valence-corrected chi connectivity index (χ1v) is 8.60. The highest BCUT2D eigenvalue weighted by atomic mass is 35.5. The number of benzene rings is 2. The van der Waals surface area contributed by atoms with E-state index in [1.165, 1.54) is 6.33 Å². The molecule has 7 nitrogen and oxygen atoms in total. The molecule has 2 N–H and O–H groups in total. The maximum Gasteiger partial charge on any atom is 0.227 e. The number of aromatic nitrogens is 4. The molecule has 0 unspecified atom stereocenters. The van der Waals surface area contributed by atoms with Crippen LogP contribution in [0.1, 0.15) is 17.5 Å². The van der Waals surface area contributed by atoms with Crippen molar-refractivity contribution in [3.8, 4) is 5.69 Å². The van der Waals surface area contributed by atoms with E-state index >= 15 is 0 Å². The molecule has 0 aliphatic rings. The molecule has 1 amide bonds. The van der Waals surface area contributed by atoms with Crippen LogP contribution in [-0.4, -0.2) is 44.1 Å². The number of rotatable bonds is 8. The van der Waals surface area contributed by atoms with E-state index in [1.54, 1.807) is 4.68 Å². The normalized spacial score (nSPS) is 10.3. The van der Waals surface area contributed by atoms with Crippen LogP contribution in [0.3, 0.4) is 0 Å². The van der Waals surface area contributed by atoms with Gasteiger partial charge in [0.2, 0.25) is 5.91 Å². The maximum absolute atomic E-state index is 12.8. The first-order valence-electron chi connectivity index (χ1n) is 8.60. The van der Waals surface area contributed by atoms with Gasteiger partial charge in [-0.25, -0.2) is 4.68 Å². The zero-order chi connectivity index (χ0) is 18.2. The summed E-state index contributed by atoms with van der Waals surface area (Å²) in [6.07, 6.45) is 2.68. The largest absolute Gasteiger partial charge is 0.338 e. The van der Waals surface area contributed by atoms with Gasteiger partial charge in [0.15, 0.2) is 0 Å². The number of carbonyl (C=O) groups excluding carboxylic acids is 1. The van der Waals surface area contributed by atoms with Gasteiger partial charge in [0.1, 0.15) is 6.33 Å². The van der Waals surface area contributed by atoms with Gasteiger partial charge in [-0.3, -0.25) is 4.79 Å². The van der Waals surface area contributed by atoms with Crippen LogP contribution in [0.2, 0.25) is 0 Å². The van der Waals surface area contributed by atoms with Crippen molar-refractivity contribution in [3.05, 3.63) is 72.1 Å². The van der Waals surface area contributed by atoms with Crippen LogP contribution in [0.15, 0.2) is 60.9 Å². The summed E-state index contributed by atoms with van der Waals surface area (Å²) in [6, 6.07) is 17.7. The summed E-state index contributed by atoms with van der Waals surface area (Å²) in [4.78, 5) is 14.7. The molecule has 0 radical (unpaired) electrons. The van der Waals surface area contributed by atoms with Crippen molar-refractivity contribution in [3.63, 3.8) is 0 Å². The van der Waals surface area contributed by atoms with Crippen molar-refractivity contribution in [1.29, 1.82) is 0 Å². The third-order valence-corrected chi connectivity index (χ3v) is 4.11. The Morgan fingerprint density at radius 3 is 2.41 bits per heavy atom. The fourth-order valence-electron chi connectivity index (χ4n) is 2.71. The standard InChI is InChI=1S/C19H22N6O.ClH/c20-11-4-12-24(14-17-5-2-1-3-6-17)19(26)13-16-7-9-18(10-8-16)25-15-21-22-23-25;/h1-3,5-10,15H,4,11-14,20H2;1H. The third-order valence-electron chi connectivity index (χ3n) is 4.11. The zero-order valence-corrected chi connectivity index (χ0v) is 15.8. The van der Waals surface area contributed by atoms with Gasteiger partial charge >= 0.3 is 0 Å². The van der Waals surface area contributed by atoms with Crippen LogP contribution >= 0.6 is 12.4 Å². The highest BCUT2D eigenvalue weighted by Crippen LogP contribution is 2.12. The number of hydrogen-bond acceptors (Lipinski definition) is 5. The minimum Gasteiger partial charge on any atom is -0.338 e. The molecule has 2 aromatic carbocycles. The van der Waals surface area contributed by atoms with E-state index in [4.69, 9.17) is 5.73 Å². The zero-order valence-electron chi connectivity index (χ0n) is 14.9. The van der Waals surface area contributed by atoms with Crippen molar-refractivity contribution in [1.82, 2.24) is 25.1 Å². The molecule has 1 heterocycles. The van der Waals surface area contributed by atoms with Gasteiger partial charge in [-0.05, 0) is 46.7 Å². The van der Waals surface area contributed by atoms with Crippen molar-refractivity contribution in [2.24, 2.45) is 5.73 Å². The number of nitrogens with two attached hydrogens (primary N) is 1. The fraction of sp³-hybridized carbons (Fsp3) is 0.263. The van der Waals surface area contributed by atoms with Gasteiger partial charge in [0.05, 0.1) is 12.1 Å². The Morgan fingerprint density at radius 2 is 1.78 bits per heavy atom. The second-order valence-electron chi connectivity index (χ2n) is 6.04. The molecule has 0 bridgehead atoms. The van der Waals surface area contributed by atoms with Crippen LogP contribution in [0, 0.1) is 0 Å². The Hall–Kier alpha value is -2.77. The molecule has 1 aromatic heterocycles. The lowest BCUT2D eigenvalue weighted by Gasteiger charge is -2.23. The highest BCUT2D eigenvalue weighted by molar-refractivity contribution is 5.85. The highest BCUT2D eigenvalue weighted by Gasteiger charge is 2.14. The molecule has 3 aromatic rings. The molecule has 0 aliphatic carbocycles. The van der Waals surface area contributed by atoms with Crippen molar-refractivity contribution < 1.29 is 4.79 Å². The Bertz CT molecular complexity index is 808. The summed E-state index contributed by atoms with van der Waals surface area (Å²) >= 11 is 0. The predicted octanol–water partition coefficient (Wildman–Crippen LogP) is 2.00. The topological polar surface area (TPSA) is 89.9 Å². The summed E-state index contributed by atoms with van der Waals surface area (Å²) in [5.41, 5.74) is 8.56. The number of hydrogen-bond donors (Lipinski definition) is 1. The molecule has 0 fully saturated rings. The average molecular weight is 387 g/mol. The van der Waals surface area contributed by atoms with E-state index in [2.05, 4.69) is 15.5 Å². The molecule has 0 saturated heterocycles. The second kappa shape index (κ2) is 10.4. The molecule has 142 valence electrons. The third kappa shape index (κ3) is 5.87. The molecule has 0 spiro atoms. The molecule has 0 aliphatic heterocycles. The quantitative estimate of drug-likeness (QED) is 0.639. The van der Waals surface area contributed by atoms with E-state index < -0.39 is 0 Å². The number of carbonyl (C=O) groups is 1. The van der Waals surface area contributed by atoms with E-state index in [1.807, 2.05) is 59.5 Å². The lowest BCUT2D eigenvalue weighted by molar-refractivity contribution is -0.131. The predicted molar refractivity (Wildman–Crippen MR) is 106 cm³/mol. The van der Waals surface area contributed by atoms with Crippen LogP contribution in [-0.2, 0) is 17.8 Å². The number of tetrazole rings is 1. The van der Waals surface area contributed by atoms with E-state index in [0.717, 1.165) is 23.2 Å². The first-order chi connectivity index (χ1) is 12.8. The molecule has 0 atom stereocenters. The van der Waals surface area contributed by atoms with Crippen molar-refractivity contribution >= 4 is 18.3 Å². The van der Waals surface area contributed by atoms with E-state index in [-0.39, 0.29) is 18.3 Å². The Morgan fingerprint density at radius 1 is 1.04 bits per heavy atom. The van der Waals surface area contributed by atoms with Gasteiger partial charge in [0.25, 0.3) is 0 Å². The maximum atomic E-state index is 12.8. The van der Waals surface area contributed by atoms with Crippen LogP contribution in [0.25, 0.3) is 5.69 Å². The fourth-order valence-corrected chi connectivity index (χ4v) is 2.71. The first kappa shape index (κ1) is 20.5. The van der Waals surface area contributed by atoms with Crippen molar-refractivity contribution in [2.75, 3.05) is 13.1 Å². The monoisotopic (exact) mass is 386 g/mol.